The zero-order chi connectivity index (χ0) is 19.0. The number of amides is 1. The topological polar surface area (TPSA) is 87.0 Å². The average Bonchev–Trinajstić information content (AvgIpc) is 3.25. The van der Waals surface area contributed by atoms with Gasteiger partial charge in [-0.15, -0.1) is 0 Å². The highest BCUT2D eigenvalue weighted by Crippen LogP contribution is 2.34. The molecule has 138 valence electrons. The molecule has 3 aromatic rings. The maximum atomic E-state index is 12.3. The minimum absolute atomic E-state index is 0.0222. The summed E-state index contributed by atoms with van der Waals surface area (Å²) in [6, 6.07) is 10.2. The molecule has 0 bridgehead atoms. The fourth-order valence-electron chi connectivity index (χ4n) is 2.77. The van der Waals surface area contributed by atoms with Gasteiger partial charge in [0.15, 0.2) is 23.7 Å². The van der Waals surface area contributed by atoms with Gasteiger partial charge in [0.1, 0.15) is 0 Å². The highest BCUT2D eigenvalue weighted by Gasteiger charge is 2.21. The number of hydrogen-bond donors (Lipinski definition) is 1. The van der Waals surface area contributed by atoms with Crippen molar-refractivity contribution in [3.05, 3.63) is 52.7 Å². The van der Waals surface area contributed by atoms with Crippen LogP contribution in [0.25, 0.3) is 11.0 Å². The van der Waals surface area contributed by atoms with Gasteiger partial charge in [0.2, 0.25) is 12.6 Å². The summed E-state index contributed by atoms with van der Waals surface area (Å²) < 4.78 is 21.0. The van der Waals surface area contributed by atoms with Gasteiger partial charge in [0.05, 0.1) is 5.02 Å². The minimum Gasteiger partial charge on any atom is -0.454 e. The number of furan rings is 1. The molecule has 0 saturated heterocycles. The summed E-state index contributed by atoms with van der Waals surface area (Å²) in [4.78, 5) is 24.3. The molecule has 7 nitrogen and oxygen atoms in total. The lowest BCUT2D eigenvalue weighted by Gasteiger charge is -2.07. The van der Waals surface area contributed by atoms with Crippen LogP contribution in [0.1, 0.15) is 16.1 Å². The van der Waals surface area contributed by atoms with E-state index in [1.807, 2.05) is 0 Å². The highest BCUT2D eigenvalue weighted by molar-refractivity contribution is 6.35. The number of rotatable bonds is 4. The van der Waals surface area contributed by atoms with Gasteiger partial charge in [0, 0.05) is 22.7 Å². The van der Waals surface area contributed by atoms with Gasteiger partial charge < -0.3 is 23.9 Å². The zero-order valence-corrected chi connectivity index (χ0v) is 15.0. The van der Waals surface area contributed by atoms with E-state index in [9.17, 15) is 9.59 Å². The summed E-state index contributed by atoms with van der Waals surface area (Å²) in [6.45, 7) is 1.41. The number of anilines is 1. The summed E-state index contributed by atoms with van der Waals surface area (Å²) in [5.41, 5.74) is 1.52. The average molecular weight is 388 g/mol. The Morgan fingerprint density at radius 2 is 2.00 bits per heavy atom. The van der Waals surface area contributed by atoms with Crippen LogP contribution in [0.4, 0.5) is 5.69 Å². The number of benzene rings is 2. The molecule has 0 spiro atoms. The van der Waals surface area contributed by atoms with Gasteiger partial charge in [-0.25, -0.2) is 4.79 Å². The summed E-state index contributed by atoms with van der Waals surface area (Å²) >= 11 is 6.08. The third-order valence-corrected chi connectivity index (χ3v) is 4.39. The van der Waals surface area contributed by atoms with Crippen LogP contribution in [0.2, 0.25) is 5.02 Å². The van der Waals surface area contributed by atoms with E-state index >= 15 is 0 Å². The molecule has 4 rings (SSSR count). The number of hydrogen-bond acceptors (Lipinski definition) is 6. The van der Waals surface area contributed by atoms with Crippen molar-refractivity contribution in [2.75, 3.05) is 18.7 Å². The predicted molar refractivity (Wildman–Crippen MR) is 97.4 cm³/mol. The molecule has 27 heavy (non-hydrogen) atoms. The van der Waals surface area contributed by atoms with E-state index in [4.69, 9.17) is 30.2 Å². The molecular formula is C19H14ClNO6. The van der Waals surface area contributed by atoms with Crippen molar-refractivity contribution in [1.82, 2.24) is 0 Å². The molecule has 1 aromatic heterocycles. The second-order valence-electron chi connectivity index (χ2n) is 5.87. The van der Waals surface area contributed by atoms with Crippen molar-refractivity contribution in [2.45, 2.75) is 6.92 Å². The minimum atomic E-state index is -0.736. The second kappa shape index (κ2) is 6.85. The van der Waals surface area contributed by atoms with Gasteiger partial charge in [-0.2, -0.15) is 0 Å². The quantitative estimate of drug-likeness (QED) is 0.683. The van der Waals surface area contributed by atoms with Crippen molar-refractivity contribution < 1.29 is 28.2 Å². The van der Waals surface area contributed by atoms with Gasteiger partial charge in [-0.1, -0.05) is 23.7 Å². The third-order valence-electron chi connectivity index (χ3n) is 4.09. The molecule has 2 aromatic carbocycles. The molecular weight excluding hydrogens is 374 g/mol. The number of carbonyl (C=O) groups is 2. The molecule has 1 amide bonds. The van der Waals surface area contributed by atoms with Gasteiger partial charge in [-0.3, -0.25) is 4.79 Å². The Morgan fingerprint density at radius 3 is 2.81 bits per heavy atom. The monoisotopic (exact) mass is 387 g/mol. The van der Waals surface area contributed by atoms with Crippen LogP contribution in [0.15, 0.2) is 40.8 Å². The normalized spacial score (nSPS) is 12.2. The van der Waals surface area contributed by atoms with Crippen molar-refractivity contribution in [1.29, 1.82) is 0 Å². The van der Waals surface area contributed by atoms with Crippen LogP contribution in [0, 0.1) is 6.92 Å². The smallest absolute Gasteiger partial charge is 0.375 e. The van der Waals surface area contributed by atoms with Crippen LogP contribution >= 0.6 is 11.6 Å². The number of esters is 1. The Labute approximate surface area is 158 Å². The van der Waals surface area contributed by atoms with E-state index in [0.717, 1.165) is 5.39 Å². The first-order chi connectivity index (χ1) is 13.0. The number of nitrogens with one attached hydrogen (secondary N) is 1. The first-order valence-corrected chi connectivity index (χ1v) is 8.45. The number of carbonyl (C=O) groups excluding carboxylic acids is 2. The molecule has 1 aliphatic heterocycles. The van der Waals surface area contributed by atoms with Crippen LogP contribution in [0.5, 0.6) is 11.5 Å². The maximum Gasteiger partial charge on any atom is 0.375 e. The SMILES string of the molecule is Cc1c(C(=O)OCC(=O)Nc2ccc3c(c2)OCO3)oc2c(Cl)cccc12. The van der Waals surface area contributed by atoms with Crippen LogP contribution in [-0.2, 0) is 9.53 Å². The standard InChI is InChI=1S/C19H14ClNO6/c1-10-12-3-2-4-13(20)18(12)27-17(10)19(23)24-8-16(22)21-11-5-6-14-15(7-11)26-9-25-14/h2-7H,8-9H2,1H3,(H,21,22). The molecule has 0 aliphatic carbocycles. The Morgan fingerprint density at radius 1 is 1.19 bits per heavy atom. The third kappa shape index (κ3) is 3.29. The van der Waals surface area contributed by atoms with Crippen LogP contribution in [-0.4, -0.2) is 25.3 Å². The number of para-hydroxylation sites is 1. The number of fused-ring (bicyclic) bond motifs is 2. The van der Waals surface area contributed by atoms with Crippen LogP contribution < -0.4 is 14.8 Å². The Bertz CT molecular complexity index is 1060. The van der Waals surface area contributed by atoms with Crippen molar-refractivity contribution >= 4 is 40.1 Å². The molecule has 2 heterocycles. The van der Waals surface area contributed by atoms with E-state index in [1.165, 1.54) is 0 Å². The Kier molecular flexibility index (Phi) is 4.37. The number of aryl methyl sites for hydroxylation is 1. The van der Waals surface area contributed by atoms with E-state index < -0.39 is 18.5 Å². The summed E-state index contributed by atoms with van der Waals surface area (Å²) in [6.07, 6.45) is 0. The fraction of sp³-hybridized carbons (Fsp3) is 0.158. The molecule has 1 aliphatic rings. The van der Waals surface area contributed by atoms with Crippen molar-refractivity contribution in [3.8, 4) is 11.5 Å². The second-order valence-corrected chi connectivity index (χ2v) is 6.27. The van der Waals surface area contributed by atoms with E-state index in [0.29, 0.717) is 33.4 Å². The fourth-order valence-corrected chi connectivity index (χ4v) is 2.98. The molecule has 0 radical (unpaired) electrons. The highest BCUT2D eigenvalue weighted by atomic mass is 35.5. The van der Waals surface area contributed by atoms with E-state index in [-0.39, 0.29) is 12.6 Å². The van der Waals surface area contributed by atoms with Gasteiger partial charge in [-0.05, 0) is 25.1 Å². The Hall–Kier alpha value is -3.19. The lowest BCUT2D eigenvalue weighted by atomic mass is 10.1. The van der Waals surface area contributed by atoms with E-state index in [2.05, 4.69) is 5.32 Å². The van der Waals surface area contributed by atoms with Crippen molar-refractivity contribution in [2.24, 2.45) is 0 Å². The molecule has 0 saturated carbocycles. The first kappa shape index (κ1) is 17.2. The molecule has 0 fully saturated rings. The molecule has 1 N–H and O–H groups in total. The number of halogens is 1. The molecule has 0 unspecified atom stereocenters. The molecule has 0 atom stereocenters. The lowest BCUT2D eigenvalue weighted by Crippen LogP contribution is -2.21. The van der Waals surface area contributed by atoms with E-state index in [1.54, 1.807) is 43.3 Å². The lowest BCUT2D eigenvalue weighted by molar-refractivity contribution is -0.119. The maximum absolute atomic E-state index is 12.3. The van der Waals surface area contributed by atoms with Gasteiger partial charge >= 0.3 is 5.97 Å². The van der Waals surface area contributed by atoms with Gasteiger partial charge in [0.25, 0.3) is 5.91 Å². The van der Waals surface area contributed by atoms with Crippen molar-refractivity contribution in [3.63, 3.8) is 0 Å². The summed E-state index contributed by atoms with van der Waals surface area (Å²) in [5.74, 6) is -0.0541. The Balaban J connectivity index is 1.41. The number of ether oxygens (including phenoxy) is 3. The predicted octanol–water partition coefficient (Wildman–Crippen LogP) is 3.92. The summed E-state index contributed by atoms with van der Waals surface area (Å²) in [5, 5.41) is 3.75. The first-order valence-electron chi connectivity index (χ1n) is 8.07. The molecule has 8 heteroatoms. The largest absolute Gasteiger partial charge is 0.454 e. The van der Waals surface area contributed by atoms with Crippen LogP contribution in [0.3, 0.4) is 0 Å². The zero-order valence-electron chi connectivity index (χ0n) is 14.2. The summed E-state index contributed by atoms with van der Waals surface area (Å²) in [7, 11) is 0.